The molecule has 112 valence electrons. The van der Waals surface area contributed by atoms with Crippen molar-refractivity contribution in [2.24, 2.45) is 0 Å². The van der Waals surface area contributed by atoms with Crippen LogP contribution in [0.25, 0.3) is 0 Å². The number of amides is 1. The molecule has 0 bridgehead atoms. The molecule has 0 aromatic carbocycles. The summed E-state index contributed by atoms with van der Waals surface area (Å²) in [6, 6.07) is 0.151. The van der Waals surface area contributed by atoms with Gasteiger partial charge in [0.25, 0.3) is 0 Å². The lowest BCUT2D eigenvalue weighted by Crippen LogP contribution is -2.49. The SMILES string of the molecule is COCCONC1CCCN(C(=O)OC(C)(C)C)C1. The van der Waals surface area contributed by atoms with Crippen molar-refractivity contribution >= 4 is 6.09 Å². The fraction of sp³-hybridized carbons (Fsp3) is 0.923. The maximum atomic E-state index is 12.0. The summed E-state index contributed by atoms with van der Waals surface area (Å²) < 4.78 is 10.3. The molecule has 6 heteroatoms. The Hall–Kier alpha value is -0.850. The Labute approximate surface area is 115 Å². The molecule has 6 nitrogen and oxygen atoms in total. The molecule has 1 N–H and O–H groups in total. The standard InChI is InChI=1S/C13H26N2O4/c1-13(2,3)19-12(16)15-7-5-6-11(10-15)14-18-9-8-17-4/h11,14H,5-10H2,1-4H3. The first-order valence-electron chi connectivity index (χ1n) is 6.76. The van der Waals surface area contributed by atoms with E-state index in [-0.39, 0.29) is 12.1 Å². The summed E-state index contributed by atoms with van der Waals surface area (Å²) in [4.78, 5) is 19.0. The van der Waals surface area contributed by atoms with Crippen LogP contribution in [0.1, 0.15) is 33.6 Å². The molecule has 0 aromatic rings. The topological polar surface area (TPSA) is 60.0 Å². The number of carbonyl (C=O) groups excluding carboxylic acids is 1. The summed E-state index contributed by atoms with van der Waals surface area (Å²) in [7, 11) is 1.63. The summed E-state index contributed by atoms with van der Waals surface area (Å²) in [6.07, 6.45) is 1.69. The van der Waals surface area contributed by atoms with Gasteiger partial charge in [0.2, 0.25) is 0 Å². The van der Waals surface area contributed by atoms with Gasteiger partial charge in [-0.25, -0.2) is 4.79 Å². The monoisotopic (exact) mass is 274 g/mol. The molecule has 1 heterocycles. The van der Waals surface area contributed by atoms with E-state index >= 15 is 0 Å². The van der Waals surface area contributed by atoms with E-state index in [1.54, 1.807) is 12.0 Å². The number of methoxy groups -OCH3 is 1. The maximum Gasteiger partial charge on any atom is 0.410 e. The van der Waals surface area contributed by atoms with E-state index in [1.807, 2.05) is 20.8 Å². The van der Waals surface area contributed by atoms with Crippen LogP contribution < -0.4 is 5.48 Å². The first-order chi connectivity index (χ1) is 8.92. The minimum absolute atomic E-state index is 0.151. The molecule has 1 amide bonds. The molecular formula is C13H26N2O4. The van der Waals surface area contributed by atoms with E-state index < -0.39 is 5.60 Å². The zero-order valence-electron chi connectivity index (χ0n) is 12.4. The van der Waals surface area contributed by atoms with Crippen LogP contribution in [0.2, 0.25) is 0 Å². The summed E-state index contributed by atoms with van der Waals surface area (Å²) in [5.74, 6) is 0. The summed E-state index contributed by atoms with van der Waals surface area (Å²) in [5, 5.41) is 0. The number of piperidine rings is 1. The van der Waals surface area contributed by atoms with Crippen LogP contribution in [-0.2, 0) is 14.3 Å². The Morgan fingerprint density at radius 1 is 1.37 bits per heavy atom. The van der Waals surface area contributed by atoms with Gasteiger partial charge >= 0.3 is 6.09 Å². The van der Waals surface area contributed by atoms with Crippen LogP contribution in [0.5, 0.6) is 0 Å². The fourth-order valence-corrected chi connectivity index (χ4v) is 1.87. The zero-order valence-corrected chi connectivity index (χ0v) is 12.4. The van der Waals surface area contributed by atoms with Gasteiger partial charge in [0, 0.05) is 26.2 Å². The molecule has 1 aliphatic rings. The molecule has 0 saturated carbocycles. The van der Waals surface area contributed by atoms with Crippen molar-refractivity contribution in [2.45, 2.75) is 45.3 Å². The van der Waals surface area contributed by atoms with Crippen molar-refractivity contribution in [3.63, 3.8) is 0 Å². The number of rotatable bonds is 5. The number of nitrogens with one attached hydrogen (secondary N) is 1. The van der Waals surface area contributed by atoms with Crippen molar-refractivity contribution < 1.29 is 19.1 Å². The number of likely N-dealkylation sites (tertiary alicyclic amines) is 1. The third-order valence-electron chi connectivity index (χ3n) is 2.71. The van der Waals surface area contributed by atoms with Crippen LogP contribution >= 0.6 is 0 Å². The van der Waals surface area contributed by atoms with Gasteiger partial charge in [-0.2, -0.15) is 5.48 Å². The Morgan fingerprint density at radius 3 is 2.74 bits per heavy atom. The number of nitrogens with zero attached hydrogens (tertiary/aromatic N) is 1. The van der Waals surface area contributed by atoms with E-state index in [4.69, 9.17) is 14.3 Å². The van der Waals surface area contributed by atoms with Gasteiger partial charge < -0.3 is 14.4 Å². The van der Waals surface area contributed by atoms with Gasteiger partial charge in [0.05, 0.1) is 13.2 Å². The Bertz CT molecular complexity index is 278. The third kappa shape index (κ3) is 6.75. The average molecular weight is 274 g/mol. The van der Waals surface area contributed by atoms with Gasteiger partial charge in [-0.05, 0) is 33.6 Å². The van der Waals surface area contributed by atoms with E-state index in [9.17, 15) is 4.79 Å². The lowest BCUT2D eigenvalue weighted by Gasteiger charge is -2.34. The van der Waals surface area contributed by atoms with Gasteiger partial charge in [-0.3, -0.25) is 4.84 Å². The molecule has 1 unspecified atom stereocenters. The summed E-state index contributed by atoms with van der Waals surface area (Å²) in [5.41, 5.74) is 2.52. The Kier molecular flexibility index (Phi) is 6.54. The first-order valence-corrected chi connectivity index (χ1v) is 6.76. The summed E-state index contributed by atoms with van der Waals surface area (Å²) in [6.45, 7) is 8.03. The second-order valence-corrected chi connectivity index (χ2v) is 5.72. The fourth-order valence-electron chi connectivity index (χ4n) is 1.87. The minimum Gasteiger partial charge on any atom is -0.444 e. The van der Waals surface area contributed by atoms with Crippen LogP contribution in [0.3, 0.4) is 0 Å². The number of carbonyl (C=O) groups is 1. The Balaban J connectivity index is 2.31. The highest BCUT2D eigenvalue weighted by atomic mass is 16.7. The highest BCUT2D eigenvalue weighted by Crippen LogP contribution is 2.15. The van der Waals surface area contributed by atoms with E-state index in [0.29, 0.717) is 19.8 Å². The van der Waals surface area contributed by atoms with Crippen molar-refractivity contribution in [3.05, 3.63) is 0 Å². The van der Waals surface area contributed by atoms with Crippen molar-refractivity contribution in [3.8, 4) is 0 Å². The Morgan fingerprint density at radius 2 is 2.11 bits per heavy atom. The predicted molar refractivity (Wildman–Crippen MR) is 71.8 cm³/mol. The van der Waals surface area contributed by atoms with Crippen molar-refractivity contribution in [2.75, 3.05) is 33.4 Å². The van der Waals surface area contributed by atoms with E-state index in [0.717, 1.165) is 19.4 Å². The molecule has 1 aliphatic heterocycles. The molecule has 0 spiro atoms. The second-order valence-electron chi connectivity index (χ2n) is 5.72. The number of ether oxygens (including phenoxy) is 2. The highest BCUT2D eigenvalue weighted by molar-refractivity contribution is 5.68. The minimum atomic E-state index is -0.452. The average Bonchev–Trinajstić information content (AvgIpc) is 2.33. The van der Waals surface area contributed by atoms with Gasteiger partial charge in [0.1, 0.15) is 5.60 Å². The molecule has 1 rings (SSSR count). The number of hydrogen-bond donors (Lipinski definition) is 1. The molecule has 1 fully saturated rings. The van der Waals surface area contributed by atoms with Crippen LogP contribution in [-0.4, -0.2) is 56.0 Å². The molecule has 1 saturated heterocycles. The van der Waals surface area contributed by atoms with Gasteiger partial charge in [-0.15, -0.1) is 0 Å². The molecule has 0 radical (unpaired) electrons. The molecule has 0 aromatic heterocycles. The van der Waals surface area contributed by atoms with Crippen LogP contribution in [0.4, 0.5) is 4.79 Å². The number of hydroxylamine groups is 1. The first kappa shape index (κ1) is 16.2. The molecular weight excluding hydrogens is 248 g/mol. The number of hydrogen-bond acceptors (Lipinski definition) is 5. The molecule has 19 heavy (non-hydrogen) atoms. The largest absolute Gasteiger partial charge is 0.444 e. The lowest BCUT2D eigenvalue weighted by atomic mass is 10.1. The zero-order chi connectivity index (χ0) is 14.3. The summed E-state index contributed by atoms with van der Waals surface area (Å²) >= 11 is 0. The molecule has 1 atom stereocenters. The highest BCUT2D eigenvalue weighted by Gasteiger charge is 2.27. The smallest absolute Gasteiger partial charge is 0.410 e. The lowest BCUT2D eigenvalue weighted by molar-refractivity contribution is -0.0307. The predicted octanol–water partition coefficient (Wildman–Crippen LogP) is 1.55. The molecule has 0 aliphatic carbocycles. The van der Waals surface area contributed by atoms with E-state index in [2.05, 4.69) is 5.48 Å². The van der Waals surface area contributed by atoms with E-state index in [1.165, 1.54) is 0 Å². The second kappa shape index (κ2) is 7.67. The quantitative estimate of drug-likeness (QED) is 0.609. The van der Waals surface area contributed by atoms with Crippen LogP contribution in [0.15, 0.2) is 0 Å². The third-order valence-corrected chi connectivity index (χ3v) is 2.71. The van der Waals surface area contributed by atoms with Gasteiger partial charge in [0.15, 0.2) is 0 Å². The van der Waals surface area contributed by atoms with Gasteiger partial charge in [-0.1, -0.05) is 0 Å². The normalized spacial score (nSPS) is 20.4. The maximum absolute atomic E-state index is 12.0. The van der Waals surface area contributed by atoms with Crippen molar-refractivity contribution in [1.82, 2.24) is 10.4 Å². The van der Waals surface area contributed by atoms with Crippen molar-refractivity contribution in [1.29, 1.82) is 0 Å². The van der Waals surface area contributed by atoms with Crippen LogP contribution in [0, 0.1) is 0 Å².